The fraction of sp³-hybridized carbons (Fsp3) is 0.381. The number of hydrogen-bond acceptors (Lipinski definition) is 3. The molecule has 2 aromatic rings. The van der Waals surface area contributed by atoms with Gasteiger partial charge in [0.25, 0.3) is 0 Å². The van der Waals surface area contributed by atoms with Gasteiger partial charge in [-0.2, -0.15) is 4.31 Å². The average molecular weight is 440 g/mol. The first-order chi connectivity index (χ1) is 14.0. The van der Waals surface area contributed by atoms with E-state index < -0.39 is 45.0 Å². The summed E-state index contributed by atoms with van der Waals surface area (Å²) in [7, 11) is -3.83. The van der Waals surface area contributed by atoms with Gasteiger partial charge in [0.1, 0.15) is 0 Å². The molecule has 1 heterocycles. The van der Waals surface area contributed by atoms with Crippen LogP contribution in [0.2, 0.25) is 0 Å². The Labute approximate surface area is 173 Å². The molecule has 9 heteroatoms. The second-order valence-corrected chi connectivity index (χ2v) is 9.52. The number of nitrogens with zero attached hydrogens (tertiary/aromatic N) is 1. The van der Waals surface area contributed by atoms with Gasteiger partial charge < -0.3 is 5.32 Å². The van der Waals surface area contributed by atoms with E-state index in [-0.39, 0.29) is 18.0 Å². The van der Waals surface area contributed by atoms with Gasteiger partial charge in [-0.3, -0.25) is 4.79 Å². The van der Waals surface area contributed by atoms with Crippen molar-refractivity contribution in [1.82, 2.24) is 4.31 Å². The fourth-order valence-corrected chi connectivity index (χ4v) is 5.87. The Morgan fingerprint density at radius 1 is 1.07 bits per heavy atom. The first kappa shape index (κ1) is 22.3. The summed E-state index contributed by atoms with van der Waals surface area (Å²) in [5.74, 6) is -5.91. The van der Waals surface area contributed by atoms with Gasteiger partial charge in [0.15, 0.2) is 17.5 Å². The first-order valence-corrected chi connectivity index (χ1v) is 11.0. The fourth-order valence-electron chi connectivity index (χ4n) is 3.93. The molecular formula is C21H23F3N2O3S. The van der Waals surface area contributed by atoms with Gasteiger partial charge in [-0.15, -0.1) is 0 Å². The zero-order chi connectivity index (χ0) is 22.2. The maximum atomic E-state index is 13.9. The summed E-state index contributed by atoms with van der Waals surface area (Å²) in [5.41, 5.74) is 1.73. The van der Waals surface area contributed by atoms with Crippen molar-refractivity contribution < 1.29 is 26.4 Å². The van der Waals surface area contributed by atoms with E-state index in [4.69, 9.17) is 0 Å². The van der Waals surface area contributed by atoms with Crippen LogP contribution in [0.25, 0.3) is 0 Å². The number of hydrogen-bond donors (Lipinski definition) is 1. The number of nitrogens with one attached hydrogen (secondary N) is 1. The van der Waals surface area contributed by atoms with E-state index in [0.717, 1.165) is 11.6 Å². The van der Waals surface area contributed by atoms with Crippen molar-refractivity contribution in [2.75, 3.05) is 18.4 Å². The van der Waals surface area contributed by atoms with E-state index in [1.165, 1.54) is 4.31 Å². The van der Waals surface area contributed by atoms with Gasteiger partial charge in [-0.25, -0.2) is 21.6 Å². The summed E-state index contributed by atoms with van der Waals surface area (Å²) in [6.45, 7) is 5.53. The van der Waals surface area contributed by atoms with Crippen LogP contribution >= 0.6 is 0 Å². The van der Waals surface area contributed by atoms with Gasteiger partial charge >= 0.3 is 0 Å². The number of carbonyl (C=O) groups is 1. The van der Waals surface area contributed by atoms with E-state index >= 15 is 0 Å². The summed E-state index contributed by atoms with van der Waals surface area (Å²) >= 11 is 0. The number of carbonyl (C=O) groups excluding carboxylic acids is 1. The quantitative estimate of drug-likeness (QED) is 0.729. The Kier molecular flexibility index (Phi) is 6.24. The van der Waals surface area contributed by atoms with Crippen LogP contribution in [0, 0.1) is 44.1 Å². The molecule has 1 aliphatic rings. The van der Waals surface area contributed by atoms with E-state index in [1.54, 1.807) is 26.0 Å². The van der Waals surface area contributed by atoms with Crippen molar-refractivity contribution in [3.05, 3.63) is 58.4 Å². The Morgan fingerprint density at radius 2 is 1.70 bits per heavy atom. The molecule has 1 N–H and O–H groups in total. The summed E-state index contributed by atoms with van der Waals surface area (Å²) in [5, 5.41) is 2.25. The minimum atomic E-state index is -3.83. The molecule has 1 aliphatic heterocycles. The van der Waals surface area contributed by atoms with Crippen molar-refractivity contribution in [2.45, 2.75) is 38.5 Å². The molecular weight excluding hydrogens is 417 g/mol. The first-order valence-electron chi connectivity index (χ1n) is 9.54. The highest BCUT2D eigenvalue weighted by Crippen LogP contribution is 2.29. The van der Waals surface area contributed by atoms with Crippen LogP contribution < -0.4 is 5.32 Å². The molecule has 0 bridgehead atoms. The van der Waals surface area contributed by atoms with E-state index in [2.05, 4.69) is 5.32 Å². The van der Waals surface area contributed by atoms with Gasteiger partial charge in [-0.1, -0.05) is 17.7 Å². The van der Waals surface area contributed by atoms with Crippen LogP contribution in [-0.4, -0.2) is 31.7 Å². The predicted molar refractivity (Wildman–Crippen MR) is 107 cm³/mol. The van der Waals surface area contributed by atoms with Gasteiger partial charge in [-0.05, 0) is 56.9 Å². The van der Waals surface area contributed by atoms with E-state index in [0.29, 0.717) is 30.0 Å². The highest BCUT2D eigenvalue weighted by Gasteiger charge is 2.35. The van der Waals surface area contributed by atoms with Crippen LogP contribution in [0.1, 0.15) is 29.5 Å². The average Bonchev–Trinajstić information content (AvgIpc) is 2.67. The monoisotopic (exact) mass is 440 g/mol. The minimum absolute atomic E-state index is 0.0772. The minimum Gasteiger partial charge on any atom is -0.323 e. The van der Waals surface area contributed by atoms with Crippen molar-refractivity contribution >= 4 is 21.6 Å². The molecule has 0 radical (unpaired) electrons. The third-order valence-corrected chi connectivity index (χ3v) is 7.42. The predicted octanol–water partition coefficient (Wildman–Crippen LogP) is 4.07. The smallest absolute Gasteiger partial charge is 0.243 e. The molecule has 0 aliphatic carbocycles. The molecule has 1 amide bonds. The van der Waals surface area contributed by atoms with Crippen LogP contribution in [0.4, 0.5) is 18.9 Å². The summed E-state index contributed by atoms with van der Waals surface area (Å²) in [6.07, 6.45) is 0.844. The molecule has 2 aromatic carbocycles. The molecule has 30 heavy (non-hydrogen) atoms. The lowest BCUT2D eigenvalue weighted by atomic mass is 9.98. The van der Waals surface area contributed by atoms with E-state index in [9.17, 15) is 26.4 Å². The molecule has 1 saturated heterocycles. The number of rotatable bonds is 4. The Balaban J connectivity index is 1.82. The van der Waals surface area contributed by atoms with Gasteiger partial charge in [0, 0.05) is 13.1 Å². The number of piperidine rings is 1. The highest BCUT2D eigenvalue weighted by molar-refractivity contribution is 7.89. The zero-order valence-corrected chi connectivity index (χ0v) is 17.7. The van der Waals surface area contributed by atoms with Crippen molar-refractivity contribution in [3.8, 4) is 0 Å². The summed E-state index contributed by atoms with van der Waals surface area (Å²) in [4.78, 5) is 12.8. The second-order valence-electron chi connectivity index (χ2n) is 7.64. The molecule has 3 rings (SSSR count). The summed E-state index contributed by atoms with van der Waals surface area (Å²) < 4.78 is 68.1. The zero-order valence-electron chi connectivity index (χ0n) is 16.9. The van der Waals surface area contributed by atoms with Crippen molar-refractivity contribution in [2.24, 2.45) is 5.92 Å². The number of aryl methyl sites for hydroxylation is 3. The topological polar surface area (TPSA) is 66.5 Å². The van der Waals surface area contributed by atoms with Gasteiger partial charge in [0.2, 0.25) is 15.9 Å². The maximum absolute atomic E-state index is 13.9. The molecule has 0 saturated carbocycles. The molecule has 1 atom stereocenters. The third kappa shape index (κ3) is 4.22. The molecule has 1 unspecified atom stereocenters. The Hall–Kier alpha value is -2.39. The standard InChI is InChI=1S/C21H23F3N2O3S/c1-12-9-13(2)20(14(3)10-12)30(28,29)26-8-4-5-15(11-26)21(27)25-17-7-6-16(22)18(23)19(17)24/h6-7,9-10,15H,4-5,8,11H2,1-3H3,(H,25,27). The van der Waals surface area contributed by atoms with Crippen molar-refractivity contribution in [3.63, 3.8) is 0 Å². The van der Waals surface area contributed by atoms with Crippen LogP contribution in [0.15, 0.2) is 29.2 Å². The summed E-state index contributed by atoms with van der Waals surface area (Å²) in [6, 6.07) is 5.23. The number of halogens is 3. The number of anilines is 1. The van der Waals surface area contributed by atoms with Crippen LogP contribution in [-0.2, 0) is 14.8 Å². The maximum Gasteiger partial charge on any atom is 0.243 e. The molecule has 0 aromatic heterocycles. The van der Waals surface area contributed by atoms with Crippen LogP contribution in [0.3, 0.4) is 0 Å². The third-order valence-electron chi connectivity index (χ3n) is 5.25. The highest BCUT2D eigenvalue weighted by atomic mass is 32.2. The SMILES string of the molecule is Cc1cc(C)c(S(=O)(=O)N2CCCC(C(=O)Nc3ccc(F)c(F)c3F)C2)c(C)c1. The Morgan fingerprint density at radius 3 is 2.33 bits per heavy atom. The number of amides is 1. The number of sulfonamides is 1. The lowest BCUT2D eigenvalue weighted by Crippen LogP contribution is -2.44. The lowest BCUT2D eigenvalue weighted by Gasteiger charge is -2.32. The Bertz CT molecular complexity index is 1080. The van der Waals surface area contributed by atoms with Crippen molar-refractivity contribution in [1.29, 1.82) is 0 Å². The largest absolute Gasteiger partial charge is 0.323 e. The second kappa shape index (κ2) is 8.39. The normalized spacial score (nSPS) is 17.7. The van der Waals surface area contributed by atoms with Crippen LogP contribution in [0.5, 0.6) is 0 Å². The lowest BCUT2D eigenvalue weighted by molar-refractivity contribution is -0.120. The van der Waals surface area contributed by atoms with E-state index in [1.807, 2.05) is 6.92 Å². The molecule has 5 nitrogen and oxygen atoms in total. The molecule has 1 fully saturated rings. The molecule has 162 valence electrons. The number of benzene rings is 2. The van der Waals surface area contributed by atoms with Gasteiger partial charge in [0.05, 0.1) is 16.5 Å². The molecule has 0 spiro atoms.